The fourth-order valence-electron chi connectivity index (χ4n) is 2.40. The summed E-state index contributed by atoms with van der Waals surface area (Å²) in [4.78, 5) is 14.2. The molecule has 0 saturated heterocycles. The Hall–Kier alpha value is -0.940. The molecule has 18 heavy (non-hydrogen) atoms. The van der Waals surface area contributed by atoms with E-state index in [-0.39, 0.29) is 5.56 Å². The predicted molar refractivity (Wildman–Crippen MR) is 74.3 cm³/mol. The number of aromatic nitrogens is 1. The Morgan fingerprint density at radius 1 is 1.50 bits per heavy atom. The molecule has 1 aromatic heterocycles. The topological polar surface area (TPSA) is 62.0 Å². The zero-order valence-corrected chi connectivity index (χ0v) is 11.5. The molecule has 0 aromatic carbocycles. The lowest BCUT2D eigenvalue weighted by Crippen LogP contribution is -2.30. The van der Waals surface area contributed by atoms with Gasteiger partial charge in [0, 0.05) is 46.7 Å². The SMILES string of the molecule is CCS(=O)CCNC1CCCc2[nH]c(=O)ccc21. The maximum absolute atomic E-state index is 11.4. The van der Waals surface area contributed by atoms with Crippen LogP contribution in [0.25, 0.3) is 0 Å². The third-order valence-corrected chi connectivity index (χ3v) is 4.68. The summed E-state index contributed by atoms with van der Waals surface area (Å²) in [5, 5.41) is 3.45. The Morgan fingerprint density at radius 3 is 3.11 bits per heavy atom. The highest BCUT2D eigenvalue weighted by Crippen LogP contribution is 2.27. The molecule has 1 aromatic rings. The molecule has 2 unspecified atom stereocenters. The van der Waals surface area contributed by atoms with Gasteiger partial charge in [-0.25, -0.2) is 0 Å². The average Bonchev–Trinajstić information content (AvgIpc) is 2.38. The van der Waals surface area contributed by atoms with E-state index in [1.54, 1.807) is 6.07 Å². The van der Waals surface area contributed by atoms with E-state index >= 15 is 0 Å². The van der Waals surface area contributed by atoms with Gasteiger partial charge in [-0.05, 0) is 24.8 Å². The lowest BCUT2D eigenvalue weighted by molar-refractivity contribution is 0.466. The molecule has 2 rings (SSSR count). The lowest BCUT2D eigenvalue weighted by atomic mass is 9.91. The van der Waals surface area contributed by atoms with Gasteiger partial charge in [0.2, 0.25) is 5.56 Å². The van der Waals surface area contributed by atoms with Crippen LogP contribution in [-0.2, 0) is 17.2 Å². The number of hydrogen-bond acceptors (Lipinski definition) is 3. The van der Waals surface area contributed by atoms with E-state index in [2.05, 4.69) is 10.3 Å². The zero-order valence-electron chi connectivity index (χ0n) is 10.7. The molecule has 0 radical (unpaired) electrons. The number of hydrogen-bond donors (Lipinski definition) is 2. The minimum Gasteiger partial charge on any atom is -0.326 e. The summed E-state index contributed by atoms with van der Waals surface area (Å²) >= 11 is 0. The summed E-state index contributed by atoms with van der Waals surface area (Å²) < 4.78 is 11.4. The first-order valence-corrected chi connectivity index (χ1v) is 8.00. The number of nitrogens with one attached hydrogen (secondary N) is 2. The molecule has 100 valence electrons. The second-order valence-corrected chi connectivity index (χ2v) is 6.45. The van der Waals surface area contributed by atoms with Gasteiger partial charge in [0.1, 0.15) is 0 Å². The van der Waals surface area contributed by atoms with Gasteiger partial charge in [0.25, 0.3) is 0 Å². The van der Waals surface area contributed by atoms with E-state index in [1.165, 1.54) is 5.56 Å². The zero-order chi connectivity index (χ0) is 13.0. The number of aromatic amines is 1. The van der Waals surface area contributed by atoms with Gasteiger partial charge in [0.05, 0.1) is 0 Å². The highest BCUT2D eigenvalue weighted by molar-refractivity contribution is 7.84. The first kappa shape index (κ1) is 13.5. The number of H-pyrrole nitrogens is 1. The van der Waals surface area contributed by atoms with Crippen LogP contribution in [0.5, 0.6) is 0 Å². The maximum Gasteiger partial charge on any atom is 0.248 e. The predicted octanol–water partition coefficient (Wildman–Crippen LogP) is 1.11. The van der Waals surface area contributed by atoms with Crippen LogP contribution in [0.15, 0.2) is 16.9 Å². The van der Waals surface area contributed by atoms with Gasteiger partial charge in [-0.2, -0.15) is 0 Å². The highest BCUT2D eigenvalue weighted by Gasteiger charge is 2.20. The molecule has 2 N–H and O–H groups in total. The lowest BCUT2D eigenvalue weighted by Gasteiger charge is -2.25. The Labute approximate surface area is 110 Å². The molecule has 1 aliphatic carbocycles. The van der Waals surface area contributed by atoms with Crippen LogP contribution in [0.4, 0.5) is 0 Å². The number of pyridine rings is 1. The van der Waals surface area contributed by atoms with Gasteiger partial charge < -0.3 is 10.3 Å². The van der Waals surface area contributed by atoms with E-state index in [4.69, 9.17) is 0 Å². The number of fused-ring (bicyclic) bond motifs is 1. The molecule has 0 fully saturated rings. The molecule has 0 saturated carbocycles. The average molecular weight is 268 g/mol. The summed E-state index contributed by atoms with van der Waals surface area (Å²) in [5.41, 5.74) is 2.23. The molecular formula is C13H20N2O2S. The van der Waals surface area contributed by atoms with Crippen LogP contribution in [0.2, 0.25) is 0 Å². The summed E-state index contributed by atoms with van der Waals surface area (Å²) in [7, 11) is -0.713. The summed E-state index contributed by atoms with van der Waals surface area (Å²) in [5.74, 6) is 1.42. The van der Waals surface area contributed by atoms with E-state index in [0.717, 1.165) is 37.3 Å². The number of aryl methyl sites for hydroxylation is 1. The van der Waals surface area contributed by atoms with Crippen LogP contribution < -0.4 is 10.9 Å². The van der Waals surface area contributed by atoms with Crippen molar-refractivity contribution < 1.29 is 4.21 Å². The van der Waals surface area contributed by atoms with Crippen molar-refractivity contribution in [3.8, 4) is 0 Å². The third kappa shape index (κ3) is 3.29. The van der Waals surface area contributed by atoms with Crippen molar-refractivity contribution in [2.75, 3.05) is 18.1 Å². The summed E-state index contributed by atoms with van der Waals surface area (Å²) in [6.07, 6.45) is 3.11. The van der Waals surface area contributed by atoms with Crippen molar-refractivity contribution in [3.63, 3.8) is 0 Å². The van der Waals surface area contributed by atoms with Crippen LogP contribution in [0.1, 0.15) is 37.1 Å². The number of rotatable bonds is 5. The molecule has 0 spiro atoms. The van der Waals surface area contributed by atoms with Gasteiger partial charge in [-0.1, -0.05) is 13.0 Å². The van der Waals surface area contributed by atoms with Gasteiger partial charge in [-0.15, -0.1) is 0 Å². The third-order valence-electron chi connectivity index (χ3n) is 3.37. The second kappa shape index (κ2) is 6.29. The van der Waals surface area contributed by atoms with Gasteiger partial charge >= 0.3 is 0 Å². The summed E-state index contributed by atoms with van der Waals surface area (Å²) in [6, 6.07) is 3.80. The molecule has 1 heterocycles. The quantitative estimate of drug-likeness (QED) is 0.841. The molecule has 0 aliphatic heterocycles. The standard InChI is InChI=1S/C13H20N2O2S/c1-2-18(17)9-8-14-11-4-3-5-12-10(11)6-7-13(16)15-12/h6-7,11,14H,2-5,8-9H2,1H3,(H,15,16). The van der Waals surface area contributed by atoms with Crippen molar-refractivity contribution in [3.05, 3.63) is 33.7 Å². The van der Waals surface area contributed by atoms with Crippen molar-refractivity contribution >= 4 is 10.8 Å². The summed E-state index contributed by atoms with van der Waals surface area (Å²) in [6.45, 7) is 2.71. The van der Waals surface area contributed by atoms with Crippen LogP contribution >= 0.6 is 0 Å². The van der Waals surface area contributed by atoms with Gasteiger partial charge in [-0.3, -0.25) is 9.00 Å². The fourth-order valence-corrected chi connectivity index (χ4v) is 3.04. The molecule has 2 atom stereocenters. The second-order valence-electron chi connectivity index (χ2n) is 4.59. The molecule has 0 amide bonds. The molecule has 0 bridgehead atoms. The van der Waals surface area contributed by atoms with E-state index in [9.17, 15) is 9.00 Å². The minimum atomic E-state index is -0.713. The van der Waals surface area contributed by atoms with Crippen molar-refractivity contribution in [2.45, 2.75) is 32.2 Å². The van der Waals surface area contributed by atoms with Crippen LogP contribution in [-0.4, -0.2) is 27.2 Å². The maximum atomic E-state index is 11.4. The fraction of sp³-hybridized carbons (Fsp3) is 0.615. The molecule has 1 aliphatic rings. The Bertz CT molecular complexity index is 484. The Kier molecular flexibility index (Phi) is 4.72. The Morgan fingerprint density at radius 2 is 2.33 bits per heavy atom. The van der Waals surface area contributed by atoms with Crippen molar-refractivity contribution in [2.24, 2.45) is 0 Å². The first-order chi connectivity index (χ1) is 8.70. The van der Waals surface area contributed by atoms with Gasteiger partial charge in [0.15, 0.2) is 0 Å². The first-order valence-electron chi connectivity index (χ1n) is 6.51. The highest BCUT2D eigenvalue weighted by atomic mass is 32.2. The largest absolute Gasteiger partial charge is 0.326 e. The smallest absolute Gasteiger partial charge is 0.248 e. The van der Waals surface area contributed by atoms with E-state index < -0.39 is 10.8 Å². The minimum absolute atomic E-state index is 0.0264. The molecule has 4 nitrogen and oxygen atoms in total. The van der Waals surface area contributed by atoms with E-state index in [0.29, 0.717) is 11.8 Å². The van der Waals surface area contributed by atoms with Crippen molar-refractivity contribution in [1.82, 2.24) is 10.3 Å². The normalized spacial score (nSPS) is 20.4. The van der Waals surface area contributed by atoms with Crippen LogP contribution in [0, 0.1) is 0 Å². The van der Waals surface area contributed by atoms with E-state index in [1.807, 2.05) is 13.0 Å². The molecule has 5 heteroatoms. The monoisotopic (exact) mass is 268 g/mol. The Balaban J connectivity index is 1.99. The van der Waals surface area contributed by atoms with Crippen molar-refractivity contribution in [1.29, 1.82) is 0 Å². The van der Waals surface area contributed by atoms with Crippen LogP contribution in [0.3, 0.4) is 0 Å². The molecular weight excluding hydrogens is 248 g/mol.